The first kappa shape index (κ1) is 15.3. The van der Waals surface area contributed by atoms with Crippen molar-refractivity contribution in [2.45, 2.75) is 26.2 Å². The van der Waals surface area contributed by atoms with Gasteiger partial charge in [0, 0.05) is 31.9 Å². The van der Waals surface area contributed by atoms with Crippen LogP contribution in [0.2, 0.25) is 0 Å². The molecule has 1 aromatic carbocycles. The van der Waals surface area contributed by atoms with E-state index in [1.165, 1.54) is 12.0 Å². The maximum Gasteiger partial charge on any atom is 0.324 e. The van der Waals surface area contributed by atoms with Crippen LogP contribution in [0.5, 0.6) is 0 Å². The number of benzene rings is 1. The van der Waals surface area contributed by atoms with Crippen molar-refractivity contribution in [2.24, 2.45) is 5.92 Å². The van der Waals surface area contributed by atoms with E-state index in [1.807, 2.05) is 15.9 Å². The summed E-state index contributed by atoms with van der Waals surface area (Å²) in [5.74, 6) is 0.623. The lowest BCUT2D eigenvalue weighted by Crippen LogP contribution is -2.41. The zero-order valence-electron chi connectivity index (χ0n) is 13.8. The number of carbonyl (C=O) groups excluding carboxylic acids is 1. The van der Waals surface area contributed by atoms with E-state index in [0.717, 1.165) is 51.3 Å². The molecule has 3 rings (SSSR count). The van der Waals surface area contributed by atoms with E-state index in [4.69, 9.17) is 0 Å². The molecule has 0 saturated carbocycles. The van der Waals surface area contributed by atoms with Crippen LogP contribution in [0.15, 0.2) is 24.3 Å². The van der Waals surface area contributed by atoms with Crippen LogP contribution in [0.1, 0.15) is 25.3 Å². The smallest absolute Gasteiger partial charge is 0.324 e. The summed E-state index contributed by atoms with van der Waals surface area (Å²) in [6.45, 7) is 7.10. The van der Waals surface area contributed by atoms with Gasteiger partial charge in [0.05, 0.1) is 0 Å². The molecule has 4 nitrogen and oxygen atoms in total. The Bertz CT molecular complexity index is 531. The molecule has 1 aromatic rings. The highest BCUT2D eigenvalue weighted by atomic mass is 16.2. The first-order valence-corrected chi connectivity index (χ1v) is 8.52. The van der Waals surface area contributed by atoms with Gasteiger partial charge in [0.25, 0.3) is 0 Å². The quantitative estimate of drug-likeness (QED) is 0.855. The van der Waals surface area contributed by atoms with Crippen LogP contribution in [0.25, 0.3) is 0 Å². The standard InChI is InChI=1S/C18H27N3O/c1-3-10-19(2)13-15-8-11-20(14-15)18(22)21-12-9-16-6-4-5-7-17(16)21/h4-7,15H,3,8-14H2,1-2H3. The molecule has 1 atom stereocenters. The number of carbonyl (C=O) groups is 1. The van der Waals surface area contributed by atoms with E-state index in [9.17, 15) is 4.79 Å². The molecule has 2 amide bonds. The predicted molar refractivity (Wildman–Crippen MR) is 90.4 cm³/mol. The van der Waals surface area contributed by atoms with E-state index in [2.05, 4.69) is 37.1 Å². The fraction of sp³-hybridized carbons (Fsp3) is 0.611. The average molecular weight is 301 g/mol. The molecule has 0 aliphatic carbocycles. The van der Waals surface area contributed by atoms with Gasteiger partial charge in [-0.3, -0.25) is 4.90 Å². The Hall–Kier alpha value is -1.55. The Morgan fingerprint density at radius 1 is 1.32 bits per heavy atom. The molecule has 0 aromatic heterocycles. The number of hydrogen-bond donors (Lipinski definition) is 0. The lowest BCUT2D eigenvalue weighted by atomic mass is 10.1. The van der Waals surface area contributed by atoms with Crippen molar-refractivity contribution in [2.75, 3.05) is 44.7 Å². The highest BCUT2D eigenvalue weighted by Crippen LogP contribution is 2.29. The molecule has 0 N–H and O–H groups in total. The summed E-state index contributed by atoms with van der Waals surface area (Å²) in [7, 11) is 2.19. The van der Waals surface area contributed by atoms with E-state index in [-0.39, 0.29) is 6.03 Å². The molecular formula is C18H27N3O. The molecule has 120 valence electrons. The van der Waals surface area contributed by atoms with Gasteiger partial charge in [-0.2, -0.15) is 0 Å². The number of anilines is 1. The Balaban J connectivity index is 1.58. The molecule has 2 aliphatic heterocycles. The summed E-state index contributed by atoms with van der Waals surface area (Å²) in [6.07, 6.45) is 3.31. The lowest BCUT2D eigenvalue weighted by molar-refractivity contribution is 0.211. The van der Waals surface area contributed by atoms with Crippen molar-refractivity contribution in [1.29, 1.82) is 0 Å². The maximum atomic E-state index is 12.8. The van der Waals surface area contributed by atoms with Crippen molar-refractivity contribution >= 4 is 11.7 Å². The number of nitrogens with zero attached hydrogens (tertiary/aromatic N) is 3. The van der Waals surface area contributed by atoms with Gasteiger partial charge in [0.2, 0.25) is 0 Å². The summed E-state index contributed by atoms with van der Waals surface area (Å²) >= 11 is 0. The number of urea groups is 1. The van der Waals surface area contributed by atoms with Gasteiger partial charge in [-0.05, 0) is 50.4 Å². The maximum absolute atomic E-state index is 12.8. The second-order valence-corrected chi connectivity index (χ2v) is 6.68. The molecule has 0 bridgehead atoms. The molecular weight excluding hydrogens is 274 g/mol. The van der Waals surface area contributed by atoms with Crippen LogP contribution >= 0.6 is 0 Å². The van der Waals surface area contributed by atoms with Crippen molar-refractivity contribution in [3.8, 4) is 0 Å². The third kappa shape index (κ3) is 3.12. The Morgan fingerprint density at radius 3 is 2.95 bits per heavy atom. The van der Waals surface area contributed by atoms with Gasteiger partial charge in [-0.25, -0.2) is 4.79 Å². The van der Waals surface area contributed by atoms with Gasteiger partial charge in [0.15, 0.2) is 0 Å². The number of likely N-dealkylation sites (tertiary alicyclic amines) is 1. The lowest BCUT2D eigenvalue weighted by Gasteiger charge is -2.25. The number of fused-ring (bicyclic) bond motifs is 1. The van der Waals surface area contributed by atoms with Crippen LogP contribution in [0, 0.1) is 5.92 Å². The second kappa shape index (κ2) is 6.69. The first-order valence-electron chi connectivity index (χ1n) is 8.52. The molecule has 1 saturated heterocycles. The topological polar surface area (TPSA) is 26.8 Å². The molecule has 22 heavy (non-hydrogen) atoms. The van der Waals surface area contributed by atoms with Crippen LogP contribution in [0.4, 0.5) is 10.5 Å². The molecule has 2 heterocycles. The van der Waals surface area contributed by atoms with Gasteiger partial charge in [-0.1, -0.05) is 25.1 Å². The van der Waals surface area contributed by atoms with Crippen LogP contribution in [0.3, 0.4) is 0 Å². The minimum Gasteiger partial charge on any atom is -0.324 e. The zero-order valence-corrected chi connectivity index (χ0v) is 13.8. The fourth-order valence-corrected chi connectivity index (χ4v) is 3.78. The molecule has 0 spiro atoms. The average Bonchev–Trinajstić information content (AvgIpc) is 3.13. The van der Waals surface area contributed by atoms with Crippen LogP contribution in [-0.2, 0) is 6.42 Å². The van der Waals surface area contributed by atoms with Crippen molar-refractivity contribution in [3.05, 3.63) is 29.8 Å². The minimum absolute atomic E-state index is 0.200. The van der Waals surface area contributed by atoms with Gasteiger partial charge in [-0.15, -0.1) is 0 Å². The summed E-state index contributed by atoms with van der Waals surface area (Å²) in [4.78, 5) is 19.2. The summed E-state index contributed by atoms with van der Waals surface area (Å²) < 4.78 is 0. The Kier molecular flexibility index (Phi) is 4.67. The summed E-state index contributed by atoms with van der Waals surface area (Å²) in [5, 5.41) is 0. The summed E-state index contributed by atoms with van der Waals surface area (Å²) in [6, 6.07) is 8.49. The third-order valence-corrected chi connectivity index (χ3v) is 4.85. The van der Waals surface area contributed by atoms with E-state index in [1.54, 1.807) is 0 Å². The van der Waals surface area contributed by atoms with Crippen molar-refractivity contribution < 1.29 is 4.79 Å². The molecule has 2 aliphatic rings. The molecule has 0 radical (unpaired) electrons. The zero-order chi connectivity index (χ0) is 15.5. The minimum atomic E-state index is 0.200. The Morgan fingerprint density at radius 2 is 2.14 bits per heavy atom. The monoisotopic (exact) mass is 301 g/mol. The second-order valence-electron chi connectivity index (χ2n) is 6.68. The first-order chi connectivity index (χ1) is 10.7. The molecule has 4 heteroatoms. The highest BCUT2D eigenvalue weighted by Gasteiger charge is 2.32. The number of amides is 2. The van der Waals surface area contributed by atoms with E-state index < -0.39 is 0 Å². The van der Waals surface area contributed by atoms with E-state index in [0.29, 0.717) is 5.92 Å². The summed E-state index contributed by atoms with van der Waals surface area (Å²) in [5.41, 5.74) is 2.41. The van der Waals surface area contributed by atoms with Crippen molar-refractivity contribution in [1.82, 2.24) is 9.80 Å². The predicted octanol–water partition coefficient (Wildman–Crippen LogP) is 2.83. The van der Waals surface area contributed by atoms with Crippen molar-refractivity contribution in [3.63, 3.8) is 0 Å². The van der Waals surface area contributed by atoms with Gasteiger partial charge >= 0.3 is 6.03 Å². The molecule has 1 fully saturated rings. The number of rotatable bonds is 4. The van der Waals surface area contributed by atoms with Gasteiger partial charge in [0.1, 0.15) is 0 Å². The number of hydrogen-bond acceptors (Lipinski definition) is 2. The highest BCUT2D eigenvalue weighted by molar-refractivity contribution is 5.94. The fourth-order valence-electron chi connectivity index (χ4n) is 3.78. The molecule has 1 unspecified atom stereocenters. The Labute approximate surface area is 133 Å². The van der Waals surface area contributed by atoms with E-state index >= 15 is 0 Å². The normalized spacial score (nSPS) is 20.8. The SMILES string of the molecule is CCCN(C)CC1CCN(C(=O)N2CCc3ccccc32)C1. The van der Waals surface area contributed by atoms with Crippen LogP contribution in [-0.4, -0.2) is 55.6 Å². The number of para-hydroxylation sites is 1. The van der Waals surface area contributed by atoms with Crippen LogP contribution < -0.4 is 4.90 Å². The third-order valence-electron chi connectivity index (χ3n) is 4.85. The largest absolute Gasteiger partial charge is 0.324 e. The van der Waals surface area contributed by atoms with Gasteiger partial charge < -0.3 is 9.80 Å².